The number of hydrogen-bond acceptors (Lipinski definition) is 2. The van der Waals surface area contributed by atoms with E-state index in [-0.39, 0.29) is 11.8 Å². The molecule has 3 unspecified atom stereocenters. The molecule has 3 rings (SSSR count). The van der Waals surface area contributed by atoms with E-state index in [1.54, 1.807) is 0 Å². The van der Waals surface area contributed by atoms with Crippen molar-refractivity contribution in [3.05, 3.63) is 35.9 Å². The number of piperidine rings is 1. The first-order chi connectivity index (χ1) is 9.75. The van der Waals surface area contributed by atoms with Gasteiger partial charge in [-0.1, -0.05) is 49.6 Å². The molecule has 2 nitrogen and oxygen atoms in total. The average Bonchev–Trinajstić information content (AvgIpc) is 2.54. The number of fused-ring (bicyclic) bond motifs is 1. The van der Waals surface area contributed by atoms with Crippen molar-refractivity contribution in [2.45, 2.75) is 45.1 Å². The largest absolute Gasteiger partial charge is 0.293 e. The van der Waals surface area contributed by atoms with Crippen molar-refractivity contribution >= 4 is 5.78 Å². The lowest BCUT2D eigenvalue weighted by Gasteiger charge is -2.43. The monoisotopic (exact) mass is 271 g/mol. The molecule has 20 heavy (non-hydrogen) atoms. The summed E-state index contributed by atoms with van der Waals surface area (Å²) in [7, 11) is 0. The van der Waals surface area contributed by atoms with Crippen LogP contribution in [0.3, 0.4) is 0 Å². The van der Waals surface area contributed by atoms with Crippen molar-refractivity contribution in [1.82, 2.24) is 4.90 Å². The lowest BCUT2D eigenvalue weighted by Crippen LogP contribution is -2.48. The van der Waals surface area contributed by atoms with E-state index in [1.807, 2.05) is 30.3 Å². The van der Waals surface area contributed by atoms with Crippen molar-refractivity contribution in [1.29, 1.82) is 0 Å². The number of hydrogen-bond donors (Lipinski definition) is 0. The summed E-state index contributed by atoms with van der Waals surface area (Å²) in [6, 6.07) is 9.77. The molecule has 2 heteroatoms. The van der Waals surface area contributed by atoms with Gasteiger partial charge in [-0.05, 0) is 38.1 Å². The number of likely N-dealkylation sites (tertiary alicyclic amines) is 1. The van der Waals surface area contributed by atoms with E-state index < -0.39 is 0 Å². The van der Waals surface area contributed by atoms with E-state index in [4.69, 9.17) is 0 Å². The van der Waals surface area contributed by atoms with Crippen molar-refractivity contribution < 1.29 is 4.79 Å². The van der Waals surface area contributed by atoms with Gasteiger partial charge in [0.05, 0.1) is 6.04 Å². The molecule has 0 aromatic heterocycles. The summed E-state index contributed by atoms with van der Waals surface area (Å²) in [5.74, 6) is 2.04. The van der Waals surface area contributed by atoms with Crippen LogP contribution in [-0.4, -0.2) is 29.8 Å². The Hall–Kier alpha value is -1.15. The molecule has 2 fully saturated rings. The van der Waals surface area contributed by atoms with E-state index >= 15 is 0 Å². The van der Waals surface area contributed by atoms with Gasteiger partial charge in [0.25, 0.3) is 0 Å². The molecule has 0 N–H and O–H groups in total. The minimum absolute atomic E-state index is 0.0280. The summed E-state index contributed by atoms with van der Waals surface area (Å²) in [6.45, 7) is 4.31. The first-order valence-corrected chi connectivity index (χ1v) is 8.09. The van der Waals surface area contributed by atoms with Gasteiger partial charge >= 0.3 is 0 Å². The lowest BCUT2D eigenvalue weighted by atomic mass is 9.75. The Morgan fingerprint density at radius 3 is 2.55 bits per heavy atom. The molecule has 1 aliphatic carbocycles. The van der Waals surface area contributed by atoms with Gasteiger partial charge < -0.3 is 0 Å². The number of carbonyl (C=O) groups excluding carboxylic acids is 1. The fraction of sp³-hybridized carbons (Fsp3) is 0.611. The number of rotatable bonds is 3. The third-order valence-electron chi connectivity index (χ3n) is 5.31. The summed E-state index contributed by atoms with van der Waals surface area (Å²) < 4.78 is 0. The minimum atomic E-state index is 0.0280. The molecule has 0 amide bonds. The molecule has 2 aliphatic rings. The zero-order valence-electron chi connectivity index (χ0n) is 12.4. The van der Waals surface area contributed by atoms with Crippen LogP contribution in [0.4, 0.5) is 0 Å². The van der Waals surface area contributed by atoms with Gasteiger partial charge in [0.2, 0.25) is 0 Å². The summed E-state index contributed by atoms with van der Waals surface area (Å²) >= 11 is 0. The van der Waals surface area contributed by atoms with Crippen LogP contribution < -0.4 is 0 Å². The van der Waals surface area contributed by atoms with Crippen LogP contribution in [0.25, 0.3) is 0 Å². The van der Waals surface area contributed by atoms with E-state index in [2.05, 4.69) is 11.8 Å². The molecule has 1 aromatic rings. The van der Waals surface area contributed by atoms with E-state index in [0.29, 0.717) is 0 Å². The maximum absolute atomic E-state index is 12.6. The fourth-order valence-corrected chi connectivity index (χ4v) is 3.99. The van der Waals surface area contributed by atoms with Gasteiger partial charge in [-0.2, -0.15) is 0 Å². The maximum atomic E-state index is 12.6. The lowest BCUT2D eigenvalue weighted by molar-refractivity contribution is 0.0518. The Labute approximate surface area is 122 Å². The van der Waals surface area contributed by atoms with Gasteiger partial charge in [-0.25, -0.2) is 0 Å². The van der Waals surface area contributed by atoms with Crippen LogP contribution in [0.15, 0.2) is 30.3 Å². The second kappa shape index (κ2) is 6.09. The third kappa shape index (κ3) is 2.80. The van der Waals surface area contributed by atoms with Crippen LogP contribution in [0.2, 0.25) is 0 Å². The van der Waals surface area contributed by atoms with Gasteiger partial charge in [0.1, 0.15) is 0 Å². The van der Waals surface area contributed by atoms with Gasteiger partial charge in [0.15, 0.2) is 5.78 Å². The quantitative estimate of drug-likeness (QED) is 0.780. The molecule has 1 saturated carbocycles. The number of benzene rings is 1. The van der Waals surface area contributed by atoms with Crippen LogP contribution in [0.1, 0.15) is 49.4 Å². The molecule has 1 heterocycles. The number of ketones is 1. The van der Waals surface area contributed by atoms with Crippen LogP contribution >= 0.6 is 0 Å². The molecule has 0 bridgehead atoms. The highest BCUT2D eigenvalue weighted by molar-refractivity contribution is 5.99. The van der Waals surface area contributed by atoms with Crippen molar-refractivity contribution in [3.63, 3.8) is 0 Å². The zero-order chi connectivity index (χ0) is 13.9. The topological polar surface area (TPSA) is 20.3 Å². The number of nitrogens with zero attached hydrogens (tertiary/aromatic N) is 1. The molecular formula is C18H25NO. The Morgan fingerprint density at radius 1 is 1.10 bits per heavy atom. The molecule has 3 atom stereocenters. The smallest absolute Gasteiger partial charge is 0.179 e. The fourth-order valence-electron chi connectivity index (χ4n) is 3.99. The van der Waals surface area contributed by atoms with Gasteiger partial charge in [-0.15, -0.1) is 0 Å². The zero-order valence-corrected chi connectivity index (χ0v) is 12.4. The van der Waals surface area contributed by atoms with Crippen molar-refractivity contribution in [2.75, 3.05) is 13.1 Å². The number of Topliss-reactive ketones (excluding diaryl/α,β-unsaturated/α-hetero) is 1. The van der Waals surface area contributed by atoms with Gasteiger partial charge in [0, 0.05) is 12.1 Å². The highest BCUT2D eigenvalue weighted by Crippen LogP contribution is 2.36. The highest BCUT2D eigenvalue weighted by atomic mass is 16.1. The molecule has 1 saturated heterocycles. The third-order valence-corrected chi connectivity index (χ3v) is 5.31. The first kappa shape index (κ1) is 13.8. The number of carbonyl (C=O) groups is 1. The van der Waals surface area contributed by atoms with Crippen molar-refractivity contribution in [2.24, 2.45) is 11.8 Å². The highest BCUT2D eigenvalue weighted by Gasteiger charge is 2.34. The first-order valence-electron chi connectivity index (χ1n) is 8.09. The molecule has 0 radical (unpaired) electrons. The van der Waals surface area contributed by atoms with E-state index in [9.17, 15) is 4.79 Å². The predicted octanol–water partition coefficient (Wildman–Crippen LogP) is 3.77. The molecule has 108 valence electrons. The second-order valence-corrected chi connectivity index (χ2v) is 6.49. The summed E-state index contributed by atoms with van der Waals surface area (Å²) in [5.41, 5.74) is 0.853. The second-order valence-electron chi connectivity index (χ2n) is 6.49. The Bertz CT molecular complexity index is 456. The predicted molar refractivity (Wildman–Crippen MR) is 81.9 cm³/mol. The Balaban J connectivity index is 1.65. The summed E-state index contributed by atoms with van der Waals surface area (Å²) in [6.07, 6.45) is 6.87. The maximum Gasteiger partial charge on any atom is 0.179 e. The average molecular weight is 271 g/mol. The van der Waals surface area contributed by atoms with Crippen molar-refractivity contribution in [3.8, 4) is 0 Å². The van der Waals surface area contributed by atoms with Crippen LogP contribution in [0.5, 0.6) is 0 Å². The summed E-state index contributed by atoms with van der Waals surface area (Å²) in [4.78, 5) is 15.0. The SMILES string of the molecule is CC(C(=O)c1ccccc1)N1CCC2CCCCC2C1. The molecule has 1 aliphatic heterocycles. The molecular weight excluding hydrogens is 246 g/mol. The Kier molecular flexibility index (Phi) is 4.21. The standard InChI is InChI=1S/C18H25NO/c1-14(18(20)16-8-3-2-4-9-16)19-12-11-15-7-5-6-10-17(15)13-19/h2-4,8-9,14-15,17H,5-7,10-13H2,1H3. The van der Waals surface area contributed by atoms with Crippen LogP contribution in [-0.2, 0) is 0 Å². The Morgan fingerprint density at radius 2 is 1.80 bits per heavy atom. The normalized spacial score (nSPS) is 28.6. The minimum Gasteiger partial charge on any atom is -0.293 e. The molecule has 1 aromatic carbocycles. The molecule has 0 spiro atoms. The summed E-state index contributed by atoms with van der Waals surface area (Å²) in [5, 5.41) is 0. The van der Waals surface area contributed by atoms with Gasteiger partial charge in [-0.3, -0.25) is 9.69 Å². The van der Waals surface area contributed by atoms with E-state index in [0.717, 1.165) is 30.5 Å². The van der Waals surface area contributed by atoms with E-state index in [1.165, 1.54) is 32.1 Å². The van der Waals surface area contributed by atoms with Crippen LogP contribution in [0, 0.1) is 11.8 Å².